The van der Waals surface area contributed by atoms with Gasteiger partial charge in [0.2, 0.25) is 0 Å². The first-order valence-electron chi connectivity index (χ1n) is 9.31. The lowest BCUT2D eigenvalue weighted by atomic mass is 9.98. The van der Waals surface area contributed by atoms with Crippen LogP contribution in [-0.4, -0.2) is 0 Å². The van der Waals surface area contributed by atoms with Crippen LogP contribution in [-0.2, 0) is 0 Å². The highest BCUT2D eigenvalue weighted by Gasteiger charge is 1.99. The van der Waals surface area contributed by atoms with Crippen molar-refractivity contribution in [2.24, 2.45) is 5.92 Å². The minimum Gasteiger partial charge on any atom is -0.0654 e. The molecule has 0 heteroatoms. The molecule has 0 amide bonds. The van der Waals surface area contributed by atoms with E-state index in [1.807, 2.05) is 0 Å². The van der Waals surface area contributed by atoms with Crippen LogP contribution in [0.25, 0.3) is 0 Å². The Morgan fingerprint density at radius 2 is 0.895 bits per heavy atom. The molecule has 0 aromatic rings. The Labute approximate surface area is 123 Å². The Morgan fingerprint density at radius 3 is 1.32 bits per heavy atom. The zero-order valence-electron chi connectivity index (χ0n) is 14.2. The van der Waals surface area contributed by atoms with Gasteiger partial charge in [0.1, 0.15) is 0 Å². The highest BCUT2D eigenvalue weighted by atomic mass is 14.1. The average molecular weight is 269 g/mol. The van der Waals surface area contributed by atoms with Crippen LogP contribution in [0.5, 0.6) is 0 Å². The summed E-state index contributed by atoms with van der Waals surface area (Å²) in [6, 6.07) is 0. The van der Waals surface area contributed by atoms with Crippen LogP contribution in [0.2, 0.25) is 0 Å². The van der Waals surface area contributed by atoms with E-state index < -0.39 is 0 Å². The van der Waals surface area contributed by atoms with Crippen molar-refractivity contribution >= 4 is 0 Å². The number of hydrogen-bond acceptors (Lipinski definition) is 0. The highest BCUT2D eigenvalue weighted by Crippen LogP contribution is 2.16. The minimum absolute atomic E-state index is 0.966. The lowest BCUT2D eigenvalue weighted by molar-refractivity contribution is 0.450. The summed E-state index contributed by atoms with van der Waals surface area (Å²) in [4.78, 5) is 0. The second-order valence-corrected chi connectivity index (χ2v) is 6.57. The van der Waals surface area contributed by atoms with Crippen LogP contribution >= 0.6 is 0 Å². The van der Waals surface area contributed by atoms with E-state index in [9.17, 15) is 0 Å². The third-order valence-corrected chi connectivity index (χ3v) is 4.33. The molecule has 0 radical (unpaired) electrons. The average Bonchev–Trinajstić information content (AvgIpc) is 2.40. The molecule has 0 saturated heterocycles. The van der Waals surface area contributed by atoms with Crippen LogP contribution in [0, 0.1) is 5.92 Å². The smallest absolute Gasteiger partial charge is 0.0443 e. The molecule has 0 N–H and O–H groups in total. The summed E-state index contributed by atoms with van der Waals surface area (Å²) in [7, 11) is 0. The predicted molar refractivity (Wildman–Crippen MR) is 89.8 cm³/mol. The third-order valence-electron chi connectivity index (χ3n) is 4.33. The fraction of sp³-hybridized carbons (Fsp3) is 1.00. The summed E-state index contributed by atoms with van der Waals surface area (Å²) in [5.41, 5.74) is 0. The fourth-order valence-electron chi connectivity index (χ4n) is 2.97. The lowest BCUT2D eigenvalue weighted by Gasteiger charge is -2.09. The van der Waals surface area contributed by atoms with Crippen molar-refractivity contribution in [3.63, 3.8) is 0 Å². The molecule has 116 valence electrons. The molecule has 0 aromatic heterocycles. The molecular weight excluding hydrogens is 228 g/mol. The molecule has 0 aromatic carbocycles. The molecular formula is C19H40. The quantitative estimate of drug-likeness (QED) is 0.269. The predicted octanol–water partition coefficient (Wildman–Crippen LogP) is 7.51. The molecule has 0 bridgehead atoms. The van der Waals surface area contributed by atoms with E-state index in [1.54, 1.807) is 0 Å². The Kier molecular flexibility index (Phi) is 16.1. The number of rotatable bonds is 15. The maximum atomic E-state index is 2.42. The van der Waals surface area contributed by atoms with Gasteiger partial charge in [-0.25, -0.2) is 0 Å². The summed E-state index contributed by atoms with van der Waals surface area (Å²) < 4.78 is 0. The van der Waals surface area contributed by atoms with Gasteiger partial charge in [-0.3, -0.25) is 0 Å². The Balaban J connectivity index is 2.99. The topological polar surface area (TPSA) is 0 Å². The molecule has 0 fully saturated rings. The van der Waals surface area contributed by atoms with Crippen molar-refractivity contribution in [1.82, 2.24) is 0 Å². The first-order chi connectivity index (χ1) is 9.31. The fourth-order valence-corrected chi connectivity index (χ4v) is 2.97. The van der Waals surface area contributed by atoms with Crippen LogP contribution in [0.4, 0.5) is 0 Å². The molecule has 0 aliphatic heterocycles. The van der Waals surface area contributed by atoms with Crippen molar-refractivity contribution in [2.45, 2.75) is 117 Å². The van der Waals surface area contributed by atoms with Crippen molar-refractivity contribution < 1.29 is 0 Å². The Morgan fingerprint density at radius 1 is 0.474 bits per heavy atom. The second-order valence-electron chi connectivity index (χ2n) is 6.57. The van der Waals surface area contributed by atoms with Crippen molar-refractivity contribution in [3.05, 3.63) is 0 Å². The van der Waals surface area contributed by atoms with E-state index in [0.717, 1.165) is 5.92 Å². The standard InChI is InChI=1S/C19H40/c1-4-6-7-8-9-10-11-12-13-14-15-16-18-19(3)17-5-2/h19H,4-18H2,1-3H3/t19-/m1/s1. The van der Waals surface area contributed by atoms with Crippen LogP contribution in [0.15, 0.2) is 0 Å². The van der Waals surface area contributed by atoms with Gasteiger partial charge in [-0.2, -0.15) is 0 Å². The zero-order chi connectivity index (χ0) is 14.2. The molecule has 0 saturated carbocycles. The summed E-state index contributed by atoms with van der Waals surface area (Å²) in [6.45, 7) is 7.02. The van der Waals surface area contributed by atoms with Gasteiger partial charge in [0.15, 0.2) is 0 Å². The van der Waals surface area contributed by atoms with E-state index >= 15 is 0 Å². The summed E-state index contributed by atoms with van der Waals surface area (Å²) in [5, 5.41) is 0. The summed E-state index contributed by atoms with van der Waals surface area (Å²) in [6.07, 6.45) is 21.8. The van der Waals surface area contributed by atoms with Crippen molar-refractivity contribution in [1.29, 1.82) is 0 Å². The van der Waals surface area contributed by atoms with Crippen LogP contribution in [0.1, 0.15) is 117 Å². The Bertz CT molecular complexity index is 150. The van der Waals surface area contributed by atoms with Gasteiger partial charge in [0.25, 0.3) is 0 Å². The molecule has 0 spiro atoms. The summed E-state index contributed by atoms with van der Waals surface area (Å²) in [5.74, 6) is 0.966. The molecule has 0 nitrogen and oxygen atoms in total. The van der Waals surface area contributed by atoms with E-state index in [1.165, 1.54) is 96.3 Å². The molecule has 0 rings (SSSR count). The van der Waals surface area contributed by atoms with E-state index in [0.29, 0.717) is 0 Å². The SMILES string of the molecule is CCCCCCCCCCCCCC[C@H](C)CCC. The van der Waals surface area contributed by atoms with Crippen LogP contribution in [0.3, 0.4) is 0 Å². The van der Waals surface area contributed by atoms with Gasteiger partial charge in [0, 0.05) is 0 Å². The summed E-state index contributed by atoms with van der Waals surface area (Å²) >= 11 is 0. The van der Waals surface area contributed by atoms with E-state index in [-0.39, 0.29) is 0 Å². The maximum absolute atomic E-state index is 2.42. The minimum atomic E-state index is 0.966. The molecule has 1 atom stereocenters. The molecule has 0 aliphatic rings. The number of unbranched alkanes of at least 4 members (excludes halogenated alkanes) is 11. The zero-order valence-corrected chi connectivity index (χ0v) is 14.2. The molecule has 19 heavy (non-hydrogen) atoms. The second kappa shape index (κ2) is 16.1. The van der Waals surface area contributed by atoms with Gasteiger partial charge in [-0.1, -0.05) is 117 Å². The van der Waals surface area contributed by atoms with Crippen LogP contribution < -0.4 is 0 Å². The van der Waals surface area contributed by atoms with Gasteiger partial charge in [-0.15, -0.1) is 0 Å². The van der Waals surface area contributed by atoms with Crippen molar-refractivity contribution in [3.8, 4) is 0 Å². The highest BCUT2D eigenvalue weighted by molar-refractivity contribution is 4.53. The molecule has 0 heterocycles. The molecule has 0 aliphatic carbocycles. The van der Waals surface area contributed by atoms with Crippen molar-refractivity contribution in [2.75, 3.05) is 0 Å². The number of hydrogen-bond donors (Lipinski definition) is 0. The normalized spacial score (nSPS) is 12.8. The third kappa shape index (κ3) is 15.9. The van der Waals surface area contributed by atoms with Gasteiger partial charge < -0.3 is 0 Å². The monoisotopic (exact) mass is 268 g/mol. The van der Waals surface area contributed by atoms with E-state index in [4.69, 9.17) is 0 Å². The van der Waals surface area contributed by atoms with Gasteiger partial charge in [-0.05, 0) is 5.92 Å². The molecule has 0 unspecified atom stereocenters. The Hall–Kier alpha value is 0. The largest absolute Gasteiger partial charge is 0.0654 e. The first kappa shape index (κ1) is 19.0. The maximum Gasteiger partial charge on any atom is -0.0443 e. The van der Waals surface area contributed by atoms with Gasteiger partial charge >= 0.3 is 0 Å². The lowest BCUT2D eigenvalue weighted by Crippen LogP contribution is -1.93. The van der Waals surface area contributed by atoms with E-state index in [2.05, 4.69) is 20.8 Å². The first-order valence-corrected chi connectivity index (χ1v) is 9.31. The van der Waals surface area contributed by atoms with Gasteiger partial charge in [0.05, 0.1) is 0 Å².